The van der Waals surface area contributed by atoms with Crippen LogP contribution in [0.25, 0.3) is 0 Å². The number of phosphoric acid groups is 1. The van der Waals surface area contributed by atoms with E-state index in [9.17, 15) is 14.4 Å². The minimum Gasteiger partial charge on any atom is -0.493 e. The van der Waals surface area contributed by atoms with Crippen LogP contribution in [-0.2, 0) is 57.5 Å². The van der Waals surface area contributed by atoms with Crippen molar-refractivity contribution in [3.05, 3.63) is 128 Å². The lowest BCUT2D eigenvalue weighted by Crippen LogP contribution is -2.17. The number of amides is 3. The first-order valence-electron chi connectivity index (χ1n) is 18.9. The molecule has 3 N–H and O–H groups in total. The second kappa shape index (κ2) is 24.8. The molecule has 0 unspecified atom stereocenters. The van der Waals surface area contributed by atoms with E-state index < -0.39 is 25.5 Å². The number of halogens is 3. The maximum atomic E-state index is 15.9. The van der Waals surface area contributed by atoms with Gasteiger partial charge in [0.05, 0.1) is 21.3 Å². The zero-order valence-electron chi connectivity index (χ0n) is 35.0. The molecular weight excluding hydrogens is 880 g/mol. The van der Waals surface area contributed by atoms with Gasteiger partial charge in [-0.2, -0.15) is 4.57 Å². The summed E-state index contributed by atoms with van der Waals surface area (Å²) in [5.41, 5.74) is 3.92. The van der Waals surface area contributed by atoms with Crippen LogP contribution in [0.2, 0.25) is 0 Å². The Balaban J connectivity index is 2.60. The van der Waals surface area contributed by atoms with Gasteiger partial charge in [0.1, 0.15) is 17.6 Å². The van der Waals surface area contributed by atoms with Gasteiger partial charge in [0.15, 0.2) is 34.5 Å². The summed E-state index contributed by atoms with van der Waals surface area (Å²) in [6.07, 6.45) is 11.1. The van der Waals surface area contributed by atoms with Crippen LogP contribution >= 0.6 is 42.6 Å². The first-order chi connectivity index (χ1) is 29.8. The summed E-state index contributed by atoms with van der Waals surface area (Å²) >= 11 is 17.7. The number of carbonyl (C=O) groups is 3. The van der Waals surface area contributed by atoms with Crippen LogP contribution in [0.3, 0.4) is 0 Å². The van der Waals surface area contributed by atoms with Gasteiger partial charge in [0.25, 0.3) is 0 Å². The van der Waals surface area contributed by atoms with E-state index in [4.69, 9.17) is 62.6 Å². The third kappa shape index (κ3) is 12.5. The average molecular weight is 931 g/mol. The summed E-state index contributed by atoms with van der Waals surface area (Å²) in [5.74, 6) is -3.17. The van der Waals surface area contributed by atoms with Crippen molar-refractivity contribution in [3.8, 4) is 34.5 Å². The lowest BCUT2D eigenvalue weighted by atomic mass is 9.97. The number of anilines is 3. The molecule has 0 heterocycles. The molecule has 13 nitrogen and oxygen atoms in total. The van der Waals surface area contributed by atoms with Gasteiger partial charge in [-0.15, -0.1) is 74.3 Å². The maximum Gasteiger partial charge on any atom is 0.647 e. The summed E-state index contributed by atoms with van der Waals surface area (Å²) in [4.78, 5) is 38.3. The van der Waals surface area contributed by atoms with E-state index in [0.717, 1.165) is 0 Å². The number of hydrogen-bond acceptors (Lipinski definition) is 10. The Morgan fingerprint density at radius 1 is 0.484 bits per heavy atom. The van der Waals surface area contributed by atoms with E-state index >= 15 is 4.57 Å². The van der Waals surface area contributed by atoms with Gasteiger partial charge >= 0.3 is 7.82 Å². The molecule has 0 aliphatic carbocycles. The molecule has 0 saturated heterocycles. The van der Waals surface area contributed by atoms with Gasteiger partial charge in [0.2, 0.25) is 17.7 Å². The SMILES string of the molecule is C=CCc1c(NC(=O)CCl)cc(OP(=O)(Oc2cc(NC(=O)CCl)c(CC=C)c(CC=C)c2OC)Oc2cc(NC(=O)CCl)c(CC=C)c(CC=C)c2OC)c(OC)c1CC=C. The van der Waals surface area contributed by atoms with E-state index in [0.29, 0.717) is 33.4 Å². The fraction of sp³-hybridized carbons (Fsp3) is 0.267. The van der Waals surface area contributed by atoms with Crippen LogP contribution in [0.4, 0.5) is 17.1 Å². The lowest BCUT2D eigenvalue weighted by molar-refractivity contribution is -0.114. The first-order valence-corrected chi connectivity index (χ1v) is 22.0. The standard InChI is InChI=1S/C45H51Cl3N3O10P/c1-10-16-28-31(19-13-4)43(56-7)37(22-34(28)49-40(52)25-46)59-62(55,60-38-23-35(50-41(53)26-47)29(17-11-2)32(20-14-5)44(38)57-8)61-39-24-36(51-42(54)27-48)30(18-12-3)33(21-15-6)45(39)58-9/h10-15,22-24H,1-6,16-21,25-27H2,7-9H3,(H,49,52)(H,50,53)(H,51,54). The predicted octanol–water partition coefficient (Wildman–Crippen LogP) is 10.3. The molecular formula is C45H51Cl3N3O10P. The molecule has 0 saturated carbocycles. The van der Waals surface area contributed by atoms with Gasteiger partial charge in [-0.1, -0.05) is 36.5 Å². The van der Waals surface area contributed by atoms with Crippen LogP contribution in [0, 0.1) is 0 Å². The largest absolute Gasteiger partial charge is 0.647 e. The molecule has 0 aromatic heterocycles. The summed E-state index contributed by atoms with van der Waals surface area (Å²) in [6.45, 7) is 23.2. The number of alkyl halides is 3. The van der Waals surface area contributed by atoms with Crippen LogP contribution < -0.4 is 43.7 Å². The zero-order chi connectivity index (χ0) is 46.0. The second-order valence-electron chi connectivity index (χ2n) is 13.0. The van der Waals surface area contributed by atoms with Gasteiger partial charge in [-0.05, 0) is 55.2 Å². The second-order valence-corrected chi connectivity index (χ2v) is 15.2. The summed E-state index contributed by atoms with van der Waals surface area (Å²) in [6, 6.07) is 4.15. The zero-order valence-corrected chi connectivity index (χ0v) is 38.1. The van der Waals surface area contributed by atoms with Crippen molar-refractivity contribution < 1.29 is 46.7 Å². The Bertz CT molecular complexity index is 2020. The Kier molecular flexibility index (Phi) is 20.3. The normalized spacial score (nSPS) is 10.7. The number of carbonyl (C=O) groups excluding carboxylic acids is 3. The van der Waals surface area contributed by atoms with Gasteiger partial charge in [-0.3, -0.25) is 14.4 Å². The maximum absolute atomic E-state index is 15.9. The van der Waals surface area contributed by atoms with Crippen molar-refractivity contribution in [2.75, 3.05) is 54.9 Å². The third-order valence-electron chi connectivity index (χ3n) is 8.91. The minimum absolute atomic E-state index is 0.0875. The molecule has 0 atom stereocenters. The first kappa shape index (κ1) is 50.8. The summed E-state index contributed by atoms with van der Waals surface area (Å²) in [7, 11) is -1.07. The van der Waals surface area contributed by atoms with E-state index in [1.54, 1.807) is 36.5 Å². The van der Waals surface area contributed by atoms with Crippen molar-refractivity contribution >= 4 is 77.4 Å². The molecule has 0 bridgehead atoms. The quantitative estimate of drug-likeness (QED) is 0.0382. The number of rotatable bonds is 27. The van der Waals surface area contributed by atoms with Crippen molar-refractivity contribution in [1.29, 1.82) is 0 Å². The topological polar surface area (TPSA) is 160 Å². The molecule has 3 aromatic carbocycles. The highest BCUT2D eigenvalue weighted by atomic mass is 35.5. The van der Waals surface area contributed by atoms with Crippen LogP contribution in [-0.4, -0.2) is 56.7 Å². The van der Waals surface area contributed by atoms with Gasteiger partial charge in [0, 0.05) is 52.0 Å². The Labute approximate surface area is 378 Å². The Morgan fingerprint density at radius 3 is 0.903 bits per heavy atom. The number of nitrogens with one attached hydrogen (secondary N) is 3. The van der Waals surface area contributed by atoms with E-state index in [-0.39, 0.29) is 108 Å². The summed E-state index contributed by atoms with van der Waals surface area (Å²) in [5, 5.41) is 8.29. The number of phosphoric ester groups is 1. The van der Waals surface area contributed by atoms with Crippen LogP contribution in [0.5, 0.6) is 34.5 Å². The number of methoxy groups -OCH3 is 3. The molecule has 0 radical (unpaired) electrons. The van der Waals surface area contributed by atoms with E-state index in [2.05, 4.69) is 55.4 Å². The van der Waals surface area contributed by atoms with Crippen LogP contribution in [0.1, 0.15) is 33.4 Å². The number of allylic oxidation sites excluding steroid dienone is 6. The third-order valence-corrected chi connectivity index (χ3v) is 10.9. The monoisotopic (exact) mass is 929 g/mol. The van der Waals surface area contributed by atoms with Gasteiger partial charge < -0.3 is 43.7 Å². The molecule has 0 aliphatic heterocycles. The fourth-order valence-corrected chi connectivity index (χ4v) is 8.03. The van der Waals surface area contributed by atoms with Crippen LogP contribution in [0.15, 0.2) is 94.1 Å². The number of hydrogen-bond donors (Lipinski definition) is 3. The smallest absolute Gasteiger partial charge is 0.493 e. The number of ether oxygens (including phenoxy) is 3. The van der Waals surface area contributed by atoms with Gasteiger partial charge in [-0.25, -0.2) is 0 Å². The molecule has 3 rings (SSSR count). The molecule has 0 aliphatic rings. The molecule has 0 fully saturated rings. The minimum atomic E-state index is -5.19. The lowest BCUT2D eigenvalue weighted by Gasteiger charge is -2.27. The Morgan fingerprint density at radius 2 is 0.710 bits per heavy atom. The number of benzene rings is 3. The highest BCUT2D eigenvalue weighted by Crippen LogP contribution is 2.58. The molecule has 3 amide bonds. The predicted molar refractivity (Wildman–Crippen MR) is 250 cm³/mol. The van der Waals surface area contributed by atoms with Crippen molar-refractivity contribution in [2.24, 2.45) is 0 Å². The molecule has 332 valence electrons. The summed E-state index contributed by atoms with van der Waals surface area (Å²) < 4.78 is 52.7. The molecule has 62 heavy (non-hydrogen) atoms. The highest BCUT2D eigenvalue weighted by molar-refractivity contribution is 7.49. The average Bonchev–Trinajstić information content (AvgIpc) is 3.24. The Hall–Kier alpha value is -5.59. The fourth-order valence-electron chi connectivity index (χ4n) is 6.59. The van der Waals surface area contributed by atoms with E-state index in [1.807, 2.05) is 0 Å². The van der Waals surface area contributed by atoms with Crippen molar-refractivity contribution in [3.63, 3.8) is 0 Å². The molecule has 17 heteroatoms. The van der Waals surface area contributed by atoms with E-state index in [1.165, 1.54) is 39.5 Å². The van der Waals surface area contributed by atoms with Crippen molar-refractivity contribution in [1.82, 2.24) is 0 Å². The van der Waals surface area contributed by atoms with Crippen molar-refractivity contribution in [2.45, 2.75) is 38.5 Å². The molecule has 0 spiro atoms. The highest BCUT2D eigenvalue weighted by Gasteiger charge is 2.39. The molecule has 3 aromatic rings.